The molecule has 3 aromatic carbocycles. The number of barbiturate groups is 1. The summed E-state index contributed by atoms with van der Waals surface area (Å²) >= 11 is 10.2. The summed E-state index contributed by atoms with van der Waals surface area (Å²) in [5.74, 6) is -0.832. The Morgan fingerprint density at radius 2 is 1.64 bits per heavy atom. The molecule has 6 nitrogen and oxygen atoms in total. The zero-order chi connectivity index (χ0) is 23.5. The number of benzene rings is 3. The monoisotopic (exact) mass is 632 g/mol. The number of rotatable bonds is 5. The van der Waals surface area contributed by atoms with Crippen molar-refractivity contribution in [2.75, 3.05) is 4.90 Å². The third kappa shape index (κ3) is 5.43. The van der Waals surface area contributed by atoms with Crippen LogP contribution in [0.4, 0.5) is 10.5 Å². The number of urea groups is 1. The summed E-state index contributed by atoms with van der Waals surface area (Å²) in [5.41, 5.74) is 1.81. The molecule has 1 aliphatic heterocycles. The molecule has 0 saturated carbocycles. The van der Waals surface area contributed by atoms with Gasteiger partial charge in [-0.1, -0.05) is 56.1 Å². The van der Waals surface area contributed by atoms with Gasteiger partial charge in [-0.25, -0.2) is 9.69 Å². The van der Waals surface area contributed by atoms with Crippen LogP contribution in [0.2, 0.25) is 0 Å². The van der Waals surface area contributed by atoms with Gasteiger partial charge in [0.05, 0.1) is 10.2 Å². The van der Waals surface area contributed by atoms with Crippen molar-refractivity contribution in [1.29, 1.82) is 0 Å². The van der Waals surface area contributed by atoms with E-state index in [9.17, 15) is 14.4 Å². The van der Waals surface area contributed by atoms with Gasteiger partial charge in [0.25, 0.3) is 11.8 Å². The van der Waals surface area contributed by atoms with Gasteiger partial charge in [-0.05, 0) is 75.6 Å². The average Bonchev–Trinajstić information content (AvgIpc) is 2.77. The standard InChI is InChI=1S/C24H15Br3N2O4/c25-16-7-4-14(5-8-16)13-33-21-9-6-15(11-20(21)27)10-19-22(30)28-24(32)29(23(19)31)18-3-1-2-17(26)12-18/h1-12H,13H2,(H,28,30,32)/b19-10+. The minimum absolute atomic E-state index is 0.148. The van der Waals surface area contributed by atoms with Crippen LogP contribution in [-0.2, 0) is 16.2 Å². The molecule has 0 aliphatic carbocycles. The van der Waals surface area contributed by atoms with Crippen LogP contribution in [0.5, 0.6) is 5.75 Å². The fourth-order valence-corrected chi connectivity index (χ4v) is 4.30. The molecule has 1 aliphatic rings. The van der Waals surface area contributed by atoms with E-state index in [2.05, 4.69) is 53.1 Å². The molecule has 0 unspecified atom stereocenters. The second-order valence-electron chi connectivity index (χ2n) is 7.04. The molecule has 4 rings (SSSR count). The summed E-state index contributed by atoms with van der Waals surface area (Å²) in [5, 5.41) is 2.22. The number of imide groups is 2. The Hall–Kier alpha value is -2.75. The first-order valence-electron chi connectivity index (χ1n) is 9.65. The Balaban J connectivity index is 1.56. The van der Waals surface area contributed by atoms with Crippen LogP contribution in [0.25, 0.3) is 6.08 Å². The Labute approximate surface area is 215 Å². The van der Waals surface area contributed by atoms with Crippen LogP contribution in [0, 0.1) is 0 Å². The number of carbonyl (C=O) groups is 3. The normalized spacial score (nSPS) is 15.1. The van der Waals surface area contributed by atoms with Crippen molar-refractivity contribution in [3.8, 4) is 5.75 Å². The highest BCUT2D eigenvalue weighted by atomic mass is 79.9. The molecule has 0 atom stereocenters. The molecule has 0 aromatic heterocycles. The lowest BCUT2D eigenvalue weighted by molar-refractivity contribution is -0.122. The minimum atomic E-state index is -0.793. The Kier molecular flexibility index (Phi) is 7.11. The first kappa shape index (κ1) is 23.4. The van der Waals surface area contributed by atoms with E-state index in [1.807, 2.05) is 24.3 Å². The zero-order valence-corrected chi connectivity index (χ0v) is 21.6. The third-order valence-electron chi connectivity index (χ3n) is 4.74. The number of halogens is 3. The smallest absolute Gasteiger partial charge is 0.335 e. The van der Waals surface area contributed by atoms with Crippen molar-refractivity contribution in [3.05, 3.63) is 96.8 Å². The third-order valence-corrected chi connectivity index (χ3v) is 6.38. The van der Waals surface area contributed by atoms with Gasteiger partial charge in [0.1, 0.15) is 17.9 Å². The molecule has 1 N–H and O–H groups in total. The Bertz CT molecular complexity index is 1290. The zero-order valence-electron chi connectivity index (χ0n) is 16.8. The lowest BCUT2D eigenvalue weighted by atomic mass is 10.1. The second-order valence-corrected chi connectivity index (χ2v) is 9.73. The van der Waals surface area contributed by atoms with Crippen LogP contribution < -0.4 is 15.0 Å². The first-order chi connectivity index (χ1) is 15.8. The van der Waals surface area contributed by atoms with Gasteiger partial charge in [0, 0.05) is 8.95 Å². The van der Waals surface area contributed by atoms with Gasteiger partial charge in [0.15, 0.2) is 0 Å². The molecular weight excluding hydrogens is 620 g/mol. The SMILES string of the molecule is O=C1NC(=O)N(c2cccc(Br)c2)C(=O)/C1=C/c1ccc(OCc2ccc(Br)cc2)c(Br)c1. The molecule has 1 fully saturated rings. The van der Waals surface area contributed by atoms with Crippen LogP contribution in [-0.4, -0.2) is 17.8 Å². The maximum Gasteiger partial charge on any atom is 0.335 e. The molecule has 0 spiro atoms. The highest BCUT2D eigenvalue weighted by Gasteiger charge is 2.36. The average molecular weight is 635 g/mol. The lowest BCUT2D eigenvalue weighted by Crippen LogP contribution is -2.54. The van der Waals surface area contributed by atoms with Gasteiger partial charge < -0.3 is 4.74 Å². The van der Waals surface area contributed by atoms with E-state index < -0.39 is 17.8 Å². The van der Waals surface area contributed by atoms with Gasteiger partial charge >= 0.3 is 6.03 Å². The van der Waals surface area contributed by atoms with Crippen molar-refractivity contribution in [3.63, 3.8) is 0 Å². The number of amides is 4. The molecule has 9 heteroatoms. The highest BCUT2D eigenvalue weighted by molar-refractivity contribution is 9.11. The highest BCUT2D eigenvalue weighted by Crippen LogP contribution is 2.29. The van der Waals surface area contributed by atoms with E-state index in [-0.39, 0.29) is 5.57 Å². The van der Waals surface area contributed by atoms with Gasteiger partial charge in [-0.2, -0.15) is 0 Å². The Morgan fingerprint density at radius 1 is 0.879 bits per heavy atom. The summed E-state index contributed by atoms with van der Waals surface area (Å²) < 4.78 is 8.22. The molecule has 4 amide bonds. The van der Waals surface area contributed by atoms with Gasteiger partial charge in [0.2, 0.25) is 0 Å². The number of nitrogens with zero attached hydrogens (tertiary/aromatic N) is 1. The largest absolute Gasteiger partial charge is 0.488 e. The van der Waals surface area contributed by atoms with E-state index in [0.29, 0.717) is 32.6 Å². The summed E-state index contributed by atoms with van der Waals surface area (Å²) in [6.45, 7) is 0.386. The van der Waals surface area contributed by atoms with E-state index in [4.69, 9.17) is 4.74 Å². The van der Waals surface area contributed by atoms with Crippen LogP contribution in [0.3, 0.4) is 0 Å². The number of ether oxygens (including phenoxy) is 1. The Morgan fingerprint density at radius 3 is 2.33 bits per heavy atom. The predicted octanol–water partition coefficient (Wildman–Crippen LogP) is 6.22. The van der Waals surface area contributed by atoms with E-state index in [1.165, 1.54) is 6.08 Å². The number of nitrogens with one attached hydrogen (secondary N) is 1. The number of hydrogen-bond donors (Lipinski definition) is 1. The maximum atomic E-state index is 13.0. The molecule has 33 heavy (non-hydrogen) atoms. The second kappa shape index (κ2) is 10.0. The quantitative estimate of drug-likeness (QED) is 0.267. The number of anilines is 1. The summed E-state index contributed by atoms with van der Waals surface area (Å²) in [7, 11) is 0. The van der Waals surface area contributed by atoms with Crippen molar-refractivity contribution < 1.29 is 19.1 Å². The maximum absolute atomic E-state index is 13.0. The minimum Gasteiger partial charge on any atom is -0.488 e. The van der Waals surface area contributed by atoms with Gasteiger partial charge in [-0.15, -0.1) is 0 Å². The number of hydrogen-bond acceptors (Lipinski definition) is 4. The fourth-order valence-electron chi connectivity index (χ4n) is 3.14. The molecular formula is C24H15Br3N2O4. The summed E-state index contributed by atoms with van der Waals surface area (Å²) in [4.78, 5) is 38.7. The molecule has 0 bridgehead atoms. The molecule has 0 radical (unpaired) electrons. The first-order valence-corrected chi connectivity index (χ1v) is 12.0. The lowest BCUT2D eigenvalue weighted by Gasteiger charge is -2.26. The predicted molar refractivity (Wildman–Crippen MR) is 136 cm³/mol. The van der Waals surface area contributed by atoms with Crippen molar-refractivity contribution in [2.24, 2.45) is 0 Å². The van der Waals surface area contributed by atoms with E-state index in [0.717, 1.165) is 14.9 Å². The topological polar surface area (TPSA) is 75.7 Å². The molecule has 3 aromatic rings. The van der Waals surface area contributed by atoms with Gasteiger partial charge in [-0.3, -0.25) is 14.9 Å². The van der Waals surface area contributed by atoms with Crippen LogP contribution >= 0.6 is 47.8 Å². The van der Waals surface area contributed by atoms with Crippen molar-refractivity contribution >= 4 is 77.4 Å². The van der Waals surface area contributed by atoms with Crippen LogP contribution in [0.1, 0.15) is 11.1 Å². The van der Waals surface area contributed by atoms with Crippen molar-refractivity contribution in [2.45, 2.75) is 6.61 Å². The molecule has 166 valence electrons. The summed E-state index contributed by atoms with van der Waals surface area (Å²) in [6, 6.07) is 18.9. The number of carbonyl (C=O) groups excluding carboxylic acids is 3. The van der Waals surface area contributed by atoms with Crippen LogP contribution in [0.15, 0.2) is 85.7 Å². The fraction of sp³-hybridized carbons (Fsp3) is 0.0417. The molecule has 1 heterocycles. The summed E-state index contributed by atoms with van der Waals surface area (Å²) in [6.07, 6.45) is 1.44. The molecule has 1 saturated heterocycles. The van der Waals surface area contributed by atoms with E-state index in [1.54, 1.807) is 42.5 Å². The van der Waals surface area contributed by atoms with E-state index >= 15 is 0 Å². The van der Waals surface area contributed by atoms with Crippen molar-refractivity contribution in [1.82, 2.24) is 5.32 Å².